The van der Waals surface area contributed by atoms with Crippen LogP contribution in [0, 0.1) is 17.7 Å². The summed E-state index contributed by atoms with van der Waals surface area (Å²) in [5.74, 6) is 0.733. The molecule has 1 aliphatic carbocycles. The summed E-state index contributed by atoms with van der Waals surface area (Å²) >= 11 is 0. The van der Waals surface area contributed by atoms with Crippen molar-refractivity contribution in [2.24, 2.45) is 11.8 Å². The predicted octanol–water partition coefficient (Wildman–Crippen LogP) is 4.08. The Balaban J connectivity index is 2.10. The maximum absolute atomic E-state index is 14.1. The molecule has 1 aliphatic rings. The van der Waals surface area contributed by atoms with E-state index < -0.39 is 11.9 Å². The summed E-state index contributed by atoms with van der Waals surface area (Å²) in [4.78, 5) is 0. The van der Waals surface area contributed by atoms with Crippen LogP contribution < -0.4 is 4.74 Å². The summed E-state index contributed by atoms with van der Waals surface area (Å²) in [6, 6.07) is 4.98. The molecule has 0 heterocycles. The van der Waals surface area contributed by atoms with Crippen molar-refractivity contribution in [1.82, 2.24) is 0 Å². The largest absolute Gasteiger partial charge is 0.494 e. The van der Waals surface area contributed by atoms with Crippen molar-refractivity contribution < 1.29 is 14.2 Å². The van der Waals surface area contributed by atoms with E-state index in [4.69, 9.17) is 4.74 Å². The van der Waals surface area contributed by atoms with Gasteiger partial charge < -0.3 is 9.84 Å². The first kappa shape index (κ1) is 14.3. The van der Waals surface area contributed by atoms with Crippen LogP contribution in [0.5, 0.6) is 5.75 Å². The molecule has 2 nitrogen and oxygen atoms in total. The quantitative estimate of drug-likeness (QED) is 0.889. The van der Waals surface area contributed by atoms with Crippen molar-refractivity contribution >= 4 is 0 Å². The molecule has 0 saturated heterocycles. The van der Waals surface area contributed by atoms with Gasteiger partial charge in [0.2, 0.25) is 0 Å². The van der Waals surface area contributed by atoms with E-state index in [0.717, 1.165) is 31.6 Å². The van der Waals surface area contributed by atoms with Crippen LogP contribution in [-0.4, -0.2) is 12.2 Å². The van der Waals surface area contributed by atoms with E-state index in [1.54, 1.807) is 18.2 Å². The highest BCUT2D eigenvalue weighted by molar-refractivity contribution is 5.32. The molecule has 0 aliphatic heterocycles. The Labute approximate surface area is 114 Å². The van der Waals surface area contributed by atoms with Crippen LogP contribution >= 0.6 is 0 Å². The molecule has 1 aromatic rings. The highest BCUT2D eigenvalue weighted by Crippen LogP contribution is 2.39. The summed E-state index contributed by atoms with van der Waals surface area (Å²) in [7, 11) is 1.45. The number of hydrogen-bond donors (Lipinski definition) is 1. The molecule has 106 valence electrons. The first-order valence-electron chi connectivity index (χ1n) is 7.17. The summed E-state index contributed by atoms with van der Waals surface area (Å²) in [6.07, 6.45) is 4.74. The van der Waals surface area contributed by atoms with Crippen molar-refractivity contribution in [1.29, 1.82) is 0 Å². The number of benzene rings is 1. The van der Waals surface area contributed by atoms with Gasteiger partial charge in [-0.25, -0.2) is 4.39 Å². The molecule has 0 spiro atoms. The van der Waals surface area contributed by atoms with Crippen molar-refractivity contribution in [2.75, 3.05) is 7.11 Å². The standard InChI is InChI=1S/C16H23FO2/c1-3-11-7-9-12(10-8-11)16(18)13-5-4-6-14(19-2)15(13)17/h4-6,11-12,16,18H,3,7-10H2,1-2H3. The van der Waals surface area contributed by atoms with Gasteiger partial charge in [-0.3, -0.25) is 0 Å². The molecule has 19 heavy (non-hydrogen) atoms. The summed E-state index contributed by atoms with van der Waals surface area (Å²) in [5, 5.41) is 10.4. The second-order valence-corrected chi connectivity index (χ2v) is 5.50. The number of hydrogen-bond acceptors (Lipinski definition) is 2. The minimum absolute atomic E-state index is 0.171. The average molecular weight is 266 g/mol. The van der Waals surface area contributed by atoms with Gasteiger partial charge in [0.05, 0.1) is 13.2 Å². The maximum atomic E-state index is 14.1. The minimum Gasteiger partial charge on any atom is -0.494 e. The molecule has 1 fully saturated rings. The number of aliphatic hydroxyl groups is 1. The lowest BCUT2D eigenvalue weighted by Crippen LogP contribution is -2.21. The highest BCUT2D eigenvalue weighted by atomic mass is 19.1. The van der Waals surface area contributed by atoms with Crippen LogP contribution in [0.4, 0.5) is 4.39 Å². The van der Waals surface area contributed by atoms with Crippen LogP contribution in [0.25, 0.3) is 0 Å². The van der Waals surface area contributed by atoms with E-state index in [2.05, 4.69) is 6.92 Å². The Hall–Kier alpha value is -1.09. The minimum atomic E-state index is -0.715. The Morgan fingerprint density at radius 2 is 2.00 bits per heavy atom. The summed E-state index contributed by atoms with van der Waals surface area (Å²) in [5.41, 5.74) is 0.374. The molecule has 1 unspecified atom stereocenters. The molecule has 0 bridgehead atoms. The molecule has 1 saturated carbocycles. The molecule has 1 atom stereocenters. The molecule has 0 radical (unpaired) electrons. The number of ether oxygens (including phenoxy) is 1. The molecular weight excluding hydrogens is 243 g/mol. The van der Waals surface area contributed by atoms with Gasteiger partial charge >= 0.3 is 0 Å². The first-order valence-corrected chi connectivity index (χ1v) is 7.17. The van der Waals surface area contributed by atoms with E-state index in [-0.39, 0.29) is 11.7 Å². The number of aliphatic hydroxyl groups excluding tert-OH is 1. The van der Waals surface area contributed by atoms with Crippen molar-refractivity contribution in [2.45, 2.75) is 45.1 Å². The lowest BCUT2D eigenvalue weighted by Gasteiger charge is -2.31. The fraction of sp³-hybridized carbons (Fsp3) is 0.625. The van der Waals surface area contributed by atoms with Gasteiger partial charge in [0.25, 0.3) is 0 Å². The molecule has 0 amide bonds. The SMILES string of the molecule is CCC1CCC(C(O)c2cccc(OC)c2F)CC1. The van der Waals surface area contributed by atoms with Crippen LogP contribution in [0.15, 0.2) is 18.2 Å². The van der Waals surface area contributed by atoms with E-state index in [0.29, 0.717) is 5.56 Å². The van der Waals surface area contributed by atoms with E-state index in [9.17, 15) is 9.50 Å². The monoisotopic (exact) mass is 266 g/mol. The van der Waals surface area contributed by atoms with Crippen LogP contribution in [0.2, 0.25) is 0 Å². The van der Waals surface area contributed by atoms with Gasteiger partial charge in [0, 0.05) is 5.56 Å². The second kappa shape index (κ2) is 6.38. The third-order valence-corrected chi connectivity index (χ3v) is 4.45. The average Bonchev–Trinajstić information content (AvgIpc) is 2.47. The Morgan fingerprint density at radius 1 is 1.32 bits per heavy atom. The molecule has 0 aromatic heterocycles. The molecule has 3 heteroatoms. The van der Waals surface area contributed by atoms with Gasteiger partial charge in [0.15, 0.2) is 11.6 Å². The number of halogens is 1. The van der Waals surface area contributed by atoms with Gasteiger partial charge in [-0.2, -0.15) is 0 Å². The normalized spacial score (nSPS) is 25.1. The molecule has 2 rings (SSSR count). The Bertz CT molecular complexity index is 411. The third kappa shape index (κ3) is 3.08. The topological polar surface area (TPSA) is 29.5 Å². The smallest absolute Gasteiger partial charge is 0.170 e. The van der Waals surface area contributed by atoms with Crippen LogP contribution in [-0.2, 0) is 0 Å². The lowest BCUT2D eigenvalue weighted by atomic mass is 9.77. The zero-order valence-corrected chi connectivity index (χ0v) is 11.7. The predicted molar refractivity (Wildman–Crippen MR) is 73.7 cm³/mol. The van der Waals surface area contributed by atoms with E-state index in [1.807, 2.05) is 0 Å². The van der Waals surface area contributed by atoms with E-state index in [1.165, 1.54) is 13.5 Å². The van der Waals surface area contributed by atoms with Crippen LogP contribution in [0.3, 0.4) is 0 Å². The van der Waals surface area contributed by atoms with Crippen molar-refractivity contribution in [3.63, 3.8) is 0 Å². The third-order valence-electron chi connectivity index (χ3n) is 4.45. The molecule has 1 N–H and O–H groups in total. The van der Waals surface area contributed by atoms with Gasteiger partial charge in [-0.05, 0) is 30.7 Å². The van der Waals surface area contributed by atoms with Crippen LogP contribution in [0.1, 0.15) is 50.7 Å². The van der Waals surface area contributed by atoms with Gasteiger partial charge in [-0.1, -0.05) is 38.3 Å². The zero-order valence-electron chi connectivity index (χ0n) is 11.7. The summed E-state index contributed by atoms with van der Waals surface area (Å²) < 4.78 is 19.1. The zero-order chi connectivity index (χ0) is 13.8. The lowest BCUT2D eigenvalue weighted by molar-refractivity contribution is 0.0696. The molecule has 1 aromatic carbocycles. The number of rotatable bonds is 4. The van der Waals surface area contributed by atoms with Crippen molar-refractivity contribution in [3.05, 3.63) is 29.6 Å². The second-order valence-electron chi connectivity index (χ2n) is 5.50. The Morgan fingerprint density at radius 3 is 2.58 bits per heavy atom. The van der Waals surface area contributed by atoms with Crippen molar-refractivity contribution in [3.8, 4) is 5.75 Å². The fourth-order valence-corrected chi connectivity index (χ4v) is 3.08. The molecular formula is C16H23FO2. The van der Waals surface area contributed by atoms with E-state index >= 15 is 0 Å². The fourth-order valence-electron chi connectivity index (χ4n) is 3.08. The number of methoxy groups -OCH3 is 1. The highest BCUT2D eigenvalue weighted by Gasteiger charge is 2.28. The van der Waals surface area contributed by atoms with Gasteiger partial charge in [-0.15, -0.1) is 0 Å². The summed E-state index contributed by atoms with van der Waals surface area (Å²) in [6.45, 7) is 2.21. The van der Waals surface area contributed by atoms with Gasteiger partial charge in [0.1, 0.15) is 0 Å². The first-order chi connectivity index (χ1) is 9.17. The maximum Gasteiger partial charge on any atom is 0.170 e. The Kier molecular flexibility index (Phi) is 4.81.